The Labute approximate surface area is 221 Å². The van der Waals surface area contributed by atoms with E-state index in [0.29, 0.717) is 22.3 Å². The van der Waals surface area contributed by atoms with Crippen molar-refractivity contribution in [3.63, 3.8) is 0 Å². The molecule has 2 aromatic carbocycles. The number of rotatable bonds is 10. The Bertz CT molecular complexity index is 1550. The van der Waals surface area contributed by atoms with Crippen LogP contribution in [0.15, 0.2) is 70.5 Å². The lowest BCUT2D eigenvalue weighted by molar-refractivity contribution is -0.141. The van der Waals surface area contributed by atoms with Crippen molar-refractivity contribution in [2.24, 2.45) is 5.92 Å². The summed E-state index contributed by atoms with van der Waals surface area (Å²) in [6.45, 7) is 1.15. The smallest absolute Gasteiger partial charge is 0.354 e. The molecule has 12 nitrogen and oxygen atoms in total. The molecule has 0 aliphatic carbocycles. The van der Waals surface area contributed by atoms with E-state index in [2.05, 4.69) is 20.3 Å². The van der Waals surface area contributed by atoms with Gasteiger partial charge in [0.05, 0.1) is 32.0 Å². The summed E-state index contributed by atoms with van der Waals surface area (Å²) in [7, 11) is 1.47. The van der Waals surface area contributed by atoms with Crippen LogP contribution in [0.4, 0.5) is 11.6 Å². The normalized spacial score (nSPS) is 11.6. The van der Waals surface area contributed by atoms with Crippen molar-refractivity contribution in [3.8, 4) is 17.5 Å². The van der Waals surface area contributed by atoms with Gasteiger partial charge >= 0.3 is 17.3 Å². The summed E-state index contributed by atoms with van der Waals surface area (Å²) in [4.78, 5) is 49.5. The standard InChI is InChI=1S/C25H23ClN6O6/c1-15(22(33)34)13-32-24(35)30-23(31(25(32)36)14-16-3-5-17(26)6-4-16)28-18-7-9-19(10-8-18)38-21-12-27-11-20(29-21)37-2/h3-12,15H,13-14H2,1-2H3,(H,33,34)(H,28,30,35)/t15-/m0/s1. The fourth-order valence-electron chi connectivity index (χ4n) is 3.38. The molecule has 2 N–H and O–H groups in total. The van der Waals surface area contributed by atoms with Gasteiger partial charge in [-0.15, -0.1) is 0 Å². The van der Waals surface area contributed by atoms with Crippen LogP contribution in [0, 0.1) is 5.92 Å². The van der Waals surface area contributed by atoms with E-state index >= 15 is 0 Å². The van der Waals surface area contributed by atoms with Gasteiger partial charge in [0.1, 0.15) is 5.75 Å². The van der Waals surface area contributed by atoms with Gasteiger partial charge in [0.2, 0.25) is 17.7 Å². The van der Waals surface area contributed by atoms with Gasteiger partial charge in [-0.2, -0.15) is 9.97 Å². The molecule has 0 fully saturated rings. The van der Waals surface area contributed by atoms with E-state index in [4.69, 9.17) is 21.1 Å². The van der Waals surface area contributed by atoms with Crippen LogP contribution in [0.25, 0.3) is 0 Å². The number of carbonyl (C=O) groups is 1. The number of ether oxygens (including phenoxy) is 2. The van der Waals surface area contributed by atoms with Crippen LogP contribution in [0.2, 0.25) is 5.02 Å². The molecule has 4 rings (SSSR count). The van der Waals surface area contributed by atoms with Crippen LogP contribution in [0.5, 0.6) is 17.5 Å². The second kappa shape index (κ2) is 11.6. The summed E-state index contributed by atoms with van der Waals surface area (Å²) in [6, 6.07) is 13.5. The summed E-state index contributed by atoms with van der Waals surface area (Å²) >= 11 is 5.98. The predicted molar refractivity (Wildman–Crippen MR) is 138 cm³/mol. The van der Waals surface area contributed by atoms with Crippen LogP contribution in [0.1, 0.15) is 12.5 Å². The van der Waals surface area contributed by atoms with Crippen molar-refractivity contribution in [2.75, 3.05) is 12.4 Å². The molecular formula is C25H23ClN6O6. The minimum atomic E-state index is -1.13. The average Bonchev–Trinajstić information content (AvgIpc) is 2.91. The highest BCUT2D eigenvalue weighted by Gasteiger charge is 2.19. The zero-order valence-corrected chi connectivity index (χ0v) is 21.1. The van der Waals surface area contributed by atoms with Gasteiger partial charge in [0, 0.05) is 17.3 Å². The Balaban J connectivity index is 1.64. The molecule has 4 aromatic rings. The third kappa shape index (κ3) is 6.34. The topological polar surface area (TPSA) is 150 Å². The fraction of sp³-hybridized carbons (Fsp3) is 0.200. The number of hydrogen-bond donors (Lipinski definition) is 2. The molecule has 0 radical (unpaired) electrons. The first-order chi connectivity index (χ1) is 18.2. The van der Waals surface area contributed by atoms with Crippen molar-refractivity contribution >= 4 is 29.2 Å². The number of aromatic nitrogens is 5. The zero-order valence-electron chi connectivity index (χ0n) is 20.4. The average molecular weight is 539 g/mol. The molecule has 1 atom stereocenters. The molecule has 2 heterocycles. The monoisotopic (exact) mass is 538 g/mol. The molecule has 0 saturated heterocycles. The minimum absolute atomic E-state index is 0.0125. The lowest BCUT2D eigenvalue weighted by atomic mass is 10.2. The van der Waals surface area contributed by atoms with E-state index < -0.39 is 23.3 Å². The fourth-order valence-corrected chi connectivity index (χ4v) is 3.51. The van der Waals surface area contributed by atoms with Crippen molar-refractivity contribution in [3.05, 3.63) is 92.5 Å². The maximum absolute atomic E-state index is 13.3. The van der Waals surface area contributed by atoms with Crippen molar-refractivity contribution in [1.29, 1.82) is 0 Å². The largest absolute Gasteiger partial charge is 0.481 e. The molecule has 0 spiro atoms. The third-order valence-corrected chi connectivity index (χ3v) is 5.67. The maximum atomic E-state index is 13.3. The number of carboxylic acids is 1. The van der Waals surface area contributed by atoms with Gasteiger partial charge in [-0.3, -0.25) is 14.3 Å². The second-order valence-corrected chi connectivity index (χ2v) is 8.65. The Morgan fingerprint density at radius 1 is 1.03 bits per heavy atom. The summed E-state index contributed by atoms with van der Waals surface area (Å²) in [6.07, 6.45) is 2.89. The van der Waals surface area contributed by atoms with Gasteiger partial charge in [-0.05, 0) is 42.0 Å². The van der Waals surface area contributed by atoms with E-state index in [9.17, 15) is 19.5 Å². The maximum Gasteiger partial charge on any atom is 0.354 e. The molecule has 196 valence electrons. The van der Waals surface area contributed by atoms with Gasteiger partial charge in [-0.25, -0.2) is 14.2 Å². The first kappa shape index (κ1) is 26.4. The van der Waals surface area contributed by atoms with Gasteiger partial charge in [0.15, 0.2) is 0 Å². The molecule has 13 heteroatoms. The number of methoxy groups -OCH3 is 1. The summed E-state index contributed by atoms with van der Waals surface area (Å²) < 4.78 is 12.8. The summed E-state index contributed by atoms with van der Waals surface area (Å²) in [5, 5.41) is 12.8. The van der Waals surface area contributed by atoms with Gasteiger partial charge < -0.3 is 19.9 Å². The molecule has 0 aliphatic rings. The predicted octanol–water partition coefficient (Wildman–Crippen LogP) is 3.16. The Morgan fingerprint density at radius 3 is 2.37 bits per heavy atom. The highest BCUT2D eigenvalue weighted by atomic mass is 35.5. The molecule has 38 heavy (non-hydrogen) atoms. The summed E-state index contributed by atoms with van der Waals surface area (Å²) in [5.41, 5.74) is -0.329. The van der Waals surface area contributed by atoms with Crippen LogP contribution >= 0.6 is 11.6 Å². The number of nitrogens with one attached hydrogen (secondary N) is 1. The lowest BCUT2D eigenvalue weighted by Gasteiger charge is -2.17. The molecular weight excluding hydrogens is 516 g/mol. The van der Waals surface area contributed by atoms with E-state index in [0.717, 1.165) is 10.1 Å². The molecule has 2 aromatic heterocycles. The first-order valence-electron chi connectivity index (χ1n) is 11.3. The second-order valence-electron chi connectivity index (χ2n) is 8.21. The summed E-state index contributed by atoms with van der Waals surface area (Å²) in [5.74, 6) is -1.11. The molecule has 0 unspecified atom stereocenters. The number of benzene rings is 2. The van der Waals surface area contributed by atoms with Crippen molar-refractivity contribution in [1.82, 2.24) is 24.1 Å². The molecule has 0 bridgehead atoms. The molecule has 0 aliphatic heterocycles. The van der Waals surface area contributed by atoms with E-state index in [-0.39, 0.29) is 24.9 Å². The Hall–Kier alpha value is -4.71. The number of halogens is 1. The Kier molecular flexibility index (Phi) is 8.02. The quantitative estimate of drug-likeness (QED) is 0.308. The van der Waals surface area contributed by atoms with Gasteiger partial charge in [-0.1, -0.05) is 30.7 Å². The zero-order chi connectivity index (χ0) is 27.2. The minimum Gasteiger partial charge on any atom is -0.481 e. The van der Waals surface area contributed by atoms with E-state index in [1.807, 2.05) is 0 Å². The highest BCUT2D eigenvalue weighted by Crippen LogP contribution is 2.23. The van der Waals surface area contributed by atoms with E-state index in [1.54, 1.807) is 48.5 Å². The number of nitrogens with zero attached hydrogens (tertiary/aromatic N) is 5. The highest BCUT2D eigenvalue weighted by molar-refractivity contribution is 6.30. The first-order valence-corrected chi connectivity index (χ1v) is 11.7. The van der Waals surface area contributed by atoms with Gasteiger partial charge in [0.25, 0.3) is 0 Å². The van der Waals surface area contributed by atoms with Crippen molar-refractivity contribution < 1.29 is 19.4 Å². The number of carboxylic acid groups (broad SMARTS) is 1. The SMILES string of the molecule is COc1cncc(Oc2ccc(Nc3nc(=O)n(C[C@H](C)C(=O)O)c(=O)n3Cc3ccc(Cl)cc3)cc2)n1. The molecule has 0 amide bonds. The van der Waals surface area contributed by atoms with E-state index in [1.165, 1.54) is 31.0 Å². The van der Waals surface area contributed by atoms with Crippen LogP contribution in [-0.4, -0.2) is 42.3 Å². The van der Waals surface area contributed by atoms with Crippen LogP contribution in [-0.2, 0) is 17.9 Å². The number of anilines is 2. The third-order valence-electron chi connectivity index (χ3n) is 5.41. The number of aliphatic carboxylic acids is 1. The lowest BCUT2D eigenvalue weighted by Crippen LogP contribution is -2.44. The van der Waals surface area contributed by atoms with Crippen LogP contribution < -0.4 is 26.2 Å². The molecule has 0 saturated carbocycles. The van der Waals surface area contributed by atoms with Crippen molar-refractivity contribution in [2.45, 2.75) is 20.0 Å². The van der Waals surface area contributed by atoms with Crippen LogP contribution in [0.3, 0.4) is 0 Å². The Morgan fingerprint density at radius 2 is 1.71 bits per heavy atom. The number of hydrogen-bond acceptors (Lipinski definition) is 9.